The van der Waals surface area contributed by atoms with Gasteiger partial charge >= 0.3 is 5.97 Å². The van der Waals surface area contributed by atoms with Gasteiger partial charge in [0.05, 0.1) is 21.0 Å². The molecule has 8 nitrogen and oxygen atoms in total. The van der Waals surface area contributed by atoms with Crippen LogP contribution < -0.4 is 4.74 Å². The average Bonchev–Trinajstić information content (AvgIpc) is 3.01. The first kappa shape index (κ1) is 24.6. The molecule has 2 fully saturated rings. The highest BCUT2D eigenvalue weighted by atomic mass is 79.9. The lowest BCUT2D eigenvalue weighted by Gasteiger charge is -2.27. The third kappa shape index (κ3) is 6.05. The number of halogens is 2. The summed E-state index contributed by atoms with van der Waals surface area (Å²) in [5.74, 6) is -0.994. The summed E-state index contributed by atoms with van der Waals surface area (Å²) < 4.78 is 10.7. The van der Waals surface area contributed by atoms with E-state index in [0.717, 1.165) is 35.9 Å². The summed E-state index contributed by atoms with van der Waals surface area (Å²) in [6.45, 7) is 2.70. The molecular formula is C21H22BrClN2O6S. The van der Waals surface area contributed by atoms with E-state index < -0.39 is 17.1 Å². The second-order valence-corrected chi connectivity index (χ2v) is 9.37. The van der Waals surface area contributed by atoms with E-state index in [1.807, 2.05) is 0 Å². The maximum absolute atomic E-state index is 12.7. The molecule has 32 heavy (non-hydrogen) atoms. The Morgan fingerprint density at radius 1 is 1.22 bits per heavy atom. The molecule has 11 heteroatoms. The van der Waals surface area contributed by atoms with Crippen LogP contribution in [0.25, 0.3) is 6.08 Å². The fraction of sp³-hybridized carbons (Fsp3) is 0.429. The lowest BCUT2D eigenvalue weighted by atomic mass is 10.1. The Morgan fingerprint density at radius 3 is 2.59 bits per heavy atom. The summed E-state index contributed by atoms with van der Waals surface area (Å²) in [6.07, 6.45) is 4.48. The molecule has 0 saturated carbocycles. The van der Waals surface area contributed by atoms with E-state index in [4.69, 9.17) is 21.1 Å². The molecule has 2 heterocycles. The molecule has 0 bridgehead atoms. The maximum Gasteiger partial charge on any atom is 0.344 e. The molecule has 0 unspecified atom stereocenters. The van der Waals surface area contributed by atoms with Crippen LogP contribution in [0.4, 0.5) is 4.79 Å². The molecular weight excluding hydrogens is 524 g/mol. The van der Waals surface area contributed by atoms with Gasteiger partial charge in [-0.05, 0) is 77.7 Å². The highest BCUT2D eigenvalue weighted by molar-refractivity contribution is 9.10. The van der Waals surface area contributed by atoms with Crippen molar-refractivity contribution >= 4 is 68.4 Å². The number of likely N-dealkylation sites (tertiary alicyclic amines) is 1. The van der Waals surface area contributed by atoms with Crippen molar-refractivity contribution in [2.24, 2.45) is 0 Å². The molecule has 0 spiro atoms. The summed E-state index contributed by atoms with van der Waals surface area (Å²) in [6, 6.07) is 3.21. The van der Waals surface area contributed by atoms with Gasteiger partial charge in [0.15, 0.2) is 12.4 Å². The Balaban J connectivity index is 1.69. The number of carbonyl (C=O) groups is 4. The smallest absolute Gasteiger partial charge is 0.344 e. The molecule has 172 valence electrons. The predicted molar refractivity (Wildman–Crippen MR) is 124 cm³/mol. The van der Waals surface area contributed by atoms with Gasteiger partial charge in [-0.2, -0.15) is 0 Å². The zero-order valence-electron chi connectivity index (χ0n) is 17.4. The number of benzene rings is 1. The first-order valence-corrected chi connectivity index (χ1v) is 12.1. The third-order valence-electron chi connectivity index (χ3n) is 4.83. The minimum Gasteiger partial charge on any atom is -0.479 e. The number of piperidine rings is 1. The maximum atomic E-state index is 12.7. The molecule has 1 aromatic carbocycles. The zero-order valence-corrected chi connectivity index (χ0v) is 20.6. The molecule has 0 N–H and O–H groups in total. The SMILES string of the molecule is CCOC(=O)COc1c(Cl)cc(/C=C2\SC(=O)N(CC(=O)N3CCCCC3)C2=O)cc1Br. The second-order valence-electron chi connectivity index (χ2n) is 7.12. The van der Waals surface area contributed by atoms with E-state index in [1.54, 1.807) is 24.0 Å². The van der Waals surface area contributed by atoms with Crippen molar-refractivity contribution in [2.75, 3.05) is 32.8 Å². The highest BCUT2D eigenvalue weighted by Gasteiger charge is 2.37. The van der Waals surface area contributed by atoms with Gasteiger partial charge in [0.2, 0.25) is 5.91 Å². The summed E-state index contributed by atoms with van der Waals surface area (Å²) in [7, 11) is 0. The number of esters is 1. The number of hydrogen-bond donors (Lipinski definition) is 0. The van der Waals surface area contributed by atoms with Crippen LogP contribution in [0.5, 0.6) is 5.75 Å². The number of carbonyl (C=O) groups excluding carboxylic acids is 4. The van der Waals surface area contributed by atoms with Crippen LogP contribution in [0, 0.1) is 0 Å². The summed E-state index contributed by atoms with van der Waals surface area (Å²) in [5, 5.41) is -0.263. The molecule has 3 rings (SSSR count). The Bertz CT molecular complexity index is 941. The van der Waals surface area contributed by atoms with E-state index >= 15 is 0 Å². The van der Waals surface area contributed by atoms with Crippen LogP contribution in [-0.4, -0.2) is 65.7 Å². The lowest BCUT2D eigenvalue weighted by Crippen LogP contribution is -2.44. The Kier molecular flexibility index (Phi) is 8.61. The number of rotatable bonds is 7. The first-order valence-electron chi connectivity index (χ1n) is 10.1. The van der Waals surface area contributed by atoms with Crippen LogP contribution in [0.2, 0.25) is 5.02 Å². The van der Waals surface area contributed by atoms with Crippen LogP contribution >= 0.6 is 39.3 Å². The van der Waals surface area contributed by atoms with Gasteiger partial charge in [-0.25, -0.2) is 4.79 Å². The molecule has 3 amide bonds. The van der Waals surface area contributed by atoms with Gasteiger partial charge in [0.1, 0.15) is 6.54 Å². The van der Waals surface area contributed by atoms with Gasteiger partial charge in [-0.3, -0.25) is 19.3 Å². The van der Waals surface area contributed by atoms with E-state index in [-0.39, 0.29) is 41.3 Å². The summed E-state index contributed by atoms with van der Waals surface area (Å²) in [4.78, 5) is 51.9. The highest BCUT2D eigenvalue weighted by Crippen LogP contribution is 2.37. The van der Waals surface area contributed by atoms with Gasteiger partial charge in [-0.1, -0.05) is 11.6 Å². The minimum absolute atomic E-state index is 0.199. The number of ether oxygens (including phenoxy) is 2. The molecule has 0 aromatic heterocycles. The quantitative estimate of drug-likeness (QED) is 0.376. The average molecular weight is 546 g/mol. The van der Waals surface area contributed by atoms with Crippen molar-refractivity contribution in [3.05, 3.63) is 32.1 Å². The van der Waals surface area contributed by atoms with Crippen LogP contribution in [0.3, 0.4) is 0 Å². The van der Waals surface area contributed by atoms with Gasteiger partial charge in [-0.15, -0.1) is 0 Å². The molecule has 0 atom stereocenters. The van der Waals surface area contributed by atoms with Crippen molar-refractivity contribution in [2.45, 2.75) is 26.2 Å². The fourth-order valence-corrected chi connectivity index (χ4v) is 5.13. The zero-order chi connectivity index (χ0) is 23.3. The number of nitrogens with zero attached hydrogens (tertiary/aromatic N) is 2. The molecule has 2 aliphatic rings. The van der Waals surface area contributed by atoms with Crippen LogP contribution in [0.1, 0.15) is 31.7 Å². The topological polar surface area (TPSA) is 93.2 Å². The van der Waals surface area contributed by atoms with Gasteiger partial charge in [0, 0.05) is 13.1 Å². The number of hydrogen-bond acceptors (Lipinski definition) is 7. The molecule has 2 saturated heterocycles. The van der Waals surface area contributed by atoms with Gasteiger partial charge < -0.3 is 14.4 Å². The number of thioether (sulfide) groups is 1. The normalized spacial score (nSPS) is 17.8. The van der Waals surface area contributed by atoms with E-state index in [9.17, 15) is 19.2 Å². The molecule has 0 radical (unpaired) electrons. The van der Waals surface area contributed by atoms with E-state index in [2.05, 4.69) is 15.9 Å². The number of amides is 3. The lowest BCUT2D eigenvalue weighted by molar-refractivity contribution is -0.145. The van der Waals surface area contributed by atoms with Crippen molar-refractivity contribution in [3.63, 3.8) is 0 Å². The van der Waals surface area contributed by atoms with Crippen molar-refractivity contribution in [3.8, 4) is 5.75 Å². The predicted octanol–water partition coefficient (Wildman–Crippen LogP) is 4.09. The molecule has 1 aromatic rings. The Hall–Kier alpha value is -2.04. The summed E-state index contributed by atoms with van der Waals surface area (Å²) in [5.41, 5.74) is 0.554. The van der Waals surface area contributed by atoms with Crippen LogP contribution in [0.15, 0.2) is 21.5 Å². The van der Waals surface area contributed by atoms with Crippen molar-refractivity contribution in [1.82, 2.24) is 9.80 Å². The minimum atomic E-state index is -0.521. The van der Waals surface area contributed by atoms with Gasteiger partial charge in [0.25, 0.3) is 11.1 Å². The molecule has 2 aliphatic heterocycles. The molecule has 0 aliphatic carbocycles. The monoisotopic (exact) mass is 544 g/mol. The van der Waals surface area contributed by atoms with Crippen molar-refractivity contribution in [1.29, 1.82) is 0 Å². The third-order valence-corrected chi connectivity index (χ3v) is 6.61. The van der Waals surface area contributed by atoms with E-state index in [1.165, 1.54) is 6.08 Å². The Morgan fingerprint density at radius 2 is 1.94 bits per heavy atom. The Labute approximate surface area is 203 Å². The second kappa shape index (κ2) is 11.2. The first-order chi connectivity index (χ1) is 15.3. The fourth-order valence-electron chi connectivity index (χ4n) is 3.30. The largest absolute Gasteiger partial charge is 0.479 e. The summed E-state index contributed by atoms with van der Waals surface area (Å²) >= 11 is 10.4. The number of imide groups is 1. The van der Waals surface area contributed by atoms with Crippen LogP contribution in [-0.2, 0) is 19.1 Å². The standard InChI is InChI=1S/C21H22BrClN2O6S/c1-2-30-18(27)12-31-19-14(22)8-13(9-15(19)23)10-16-20(28)25(21(29)32-16)11-17(26)24-6-4-3-5-7-24/h8-10H,2-7,11-12H2,1H3/b16-10-. The van der Waals surface area contributed by atoms with Crippen molar-refractivity contribution < 1.29 is 28.7 Å². The van der Waals surface area contributed by atoms with E-state index in [0.29, 0.717) is 23.1 Å².